The third-order valence-corrected chi connectivity index (χ3v) is 8.16. The van der Waals surface area contributed by atoms with Crippen molar-refractivity contribution in [1.82, 2.24) is 19.5 Å². The van der Waals surface area contributed by atoms with Crippen LogP contribution in [0.15, 0.2) is 48.9 Å². The zero-order valence-corrected chi connectivity index (χ0v) is 21.3. The SMILES string of the molecule is CC1(C)O[C@@H]2[C@@H](CCc3ccc4ccc(NC5CC5)nc4c3)C[C@@H](n3ccc4c(Cl)ncnc43)[C@@H]2O1. The second kappa shape index (κ2) is 8.40. The van der Waals surface area contributed by atoms with E-state index in [0.29, 0.717) is 17.1 Å². The van der Waals surface area contributed by atoms with E-state index in [0.717, 1.165) is 41.6 Å². The first kappa shape index (κ1) is 22.5. The predicted molar refractivity (Wildman–Crippen MR) is 140 cm³/mol. The molecule has 0 amide bonds. The number of fused-ring (bicyclic) bond motifs is 3. The molecule has 1 aromatic carbocycles. The standard InChI is InChI=1S/C28H30ClN5O2/c1-28(2)35-24-18(14-22(25(24)36-28)34-12-11-20-26(29)30-15-31-27(20)34)6-4-16-3-5-17-7-10-23(32-19-8-9-19)33-21(17)13-16/h3,5,7,10-13,15,18-19,22,24-25H,4,6,8-9,14H2,1-2H3,(H,32,33)/t18-,22+,24+,25-/m0/s1. The zero-order valence-electron chi connectivity index (χ0n) is 20.5. The van der Waals surface area contributed by atoms with Gasteiger partial charge in [-0.15, -0.1) is 0 Å². The highest BCUT2D eigenvalue weighted by atomic mass is 35.5. The number of nitrogens with one attached hydrogen (secondary N) is 1. The molecule has 36 heavy (non-hydrogen) atoms. The normalized spacial score (nSPS) is 27.1. The number of aromatic nitrogens is 4. The number of ether oxygens (including phenoxy) is 2. The third kappa shape index (κ3) is 4.03. The van der Waals surface area contributed by atoms with E-state index in [-0.39, 0.29) is 18.2 Å². The van der Waals surface area contributed by atoms with Gasteiger partial charge in [-0.3, -0.25) is 0 Å². The lowest BCUT2D eigenvalue weighted by atomic mass is 9.95. The Bertz CT molecular complexity index is 1450. The van der Waals surface area contributed by atoms with Gasteiger partial charge >= 0.3 is 0 Å². The Kier molecular flexibility index (Phi) is 5.24. The molecule has 4 atom stereocenters. The first-order valence-corrected chi connectivity index (χ1v) is 13.3. The van der Waals surface area contributed by atoms with E-state index < -0.39 is 5.79 Å². The summed E-state index contributed by atoms with van der Waals surface area (Å²) >= 11 is 6.33. The molecule has 7 nitrogen and oxygen atoms in total. The van der Waals surface area contributed by atoms with Crippen molar-refractivity contribution in [2.45, 2.75) is 76.0 Å². The minimum atomic E-state index is -0.598. The third-order valence-electron chi connectivity index (χ3n) is 7.86. The van der Waals surface area contributed by atoms with Crippen LogP contribution in [-0.4, -0.2) is 43.6 Å². The Balaban J connectivity index is 1.13. The number of rotatable bonds is 6. The number of pyridine rings is 1. The number of aryl methyl sites for hydroxylation is 1. The van der Waals surface area contributed by atoms with Gasteiger partial charge in [0.05, 0.1) is 23.0 Å². The first-order valence-electron chi connectivity index (χ1n) is 12.9. The Hall–Kier alpha value is -2.74. The van der Waals surface area contributed by atoms with E-state index in [1.54, 1.807) is 0 Å². The van der Waals surface area contributed by atoms with Crippen molar-refractivity contribution in [3.8, 4) is 0 Å². The highest BCUT2D eigenvalue weighted by Gasteiger charge is 2.54. The second-order valence-corrected chi connectivity index (χ2v) is 11.3. The fourth-order valence-electron chi connectivity index (χ4n) is 6.01. The lowest BCUT2D eigenvalue weighted by molar-refractivity contribution is -0.160. The van der Waals surface area contributed by atoms with Gasteiger partial charge in [-0.1, -0.05) is 23.7 Å². The van der Waals surface area contributed by atoms with E-state index >= 15 is 0 Å². The molecule has 7 rings (SSSR count). The second-order valence-electron chi connectivity index (χ2n) is 10.9. The van der Waals surface area contributed by atoms with Crippen molar-refractivity contribution in [1.29, 1.82) is 0 Å². The van der Waals surface area contributed by atoms with Crippen molar-refractivity contribution in [2.75, 3.05) is 5.32 Å². The van der Waals surface area contributed by atoms with Crippen LogP contribution < -0.4 is 5.32 Å². The molecule has 1 aliphatic heterocycles. The monoisotopic (exact) mass is 503 g/mol. The highest BCUT2D eigenvalue weighted by molar-refractivity contribution is 6.33. The smallest absolute Gasteiger partial charge is 0.163 e. The number of hydrogen-bond acceptors (Lipinski definition) is 6. The number of anilines is 1. The van der Waals surface area contributed by atoms with E-state index in [9.17, 15) is 0 Å². The summed E-state index contributed by atoms with van der Waals surface area (Å²) in [4.78, 5) is 13.5. The summed E-state index contributed by atoms with van der Waals surface area (Å²) < 4.78 is 15.1. The maximum atomic E-state index is 6.45. The molecule has 0 unspecified atom stereocenters. The van der Waals surface area contributed by atoms with E-state index in [1.807, 2.05) is 19.9 Å². The molecule has 4 heterocycles. The Morgan fingerprint density at radius 1 is 1.08 bits per heavy atom. The molecule has 186 valence electrons. The van der Waals surface area contributed by atoms with Crippen LogP contribution in [0.3, 0.4) is 0 Å². The fourth-order valence-corrected chi connectivity index (χ4v) is 6.20. The summed E-state index contributed by atoms with van der Waals surface area (Å²) in [7, 11) is 0. The van der Waals surface area contributed by atoms with E-state index in [1.165, 1.54) is 30.1 Å². The van der Waals surface area contributed by atoms with Crippen LogP contribution in [-0.2, 0) is 15.9 Å². The number of halogens is 1. The Morgan fingerprint density at radius 3 is 2.78 bits per heavy atom. The van der Waals surface area contributed by atoms with Crippen molar-refractivity contribution in [3.63, 3.8) is 0 Å². The summed E-state index contributed by atoms with van der Waals surface area (Å²) in [6, 6.07) is 13.6. The number of benzene rings is 1. The highest BCUT2D eigenvalue weighted by Crippen LogP contribution is 2.49. The fraction of sp³-hybridized carbons (Fsp3) is 0.464. The number of nitrogens with zero attached hydrogens (tertiary/aromatic N) is 4. The van der Waals surface area contributed by atoms with Crippen molar-refractivity contribution in [2.24, 2.45) is 5.92 Å². The maximum Gasteiger partial charge on any atom is 0.163 e. The Morgan fingerprint density at radius 2 is 1.92 bits per heavy atom. The van der Waals surface area contributed by atoms with Gasteiger partial charge in [-0.05, 0) is 81.7 Å². The Labute approximate surface area is 215 Å². The van der Waals surface area contributed by atoms with Crippen LogP contribution in [0, 0.1) is 5.92 Å². The molecule has 2 saturated carbocycles. The van der Waals surface area contributed by atoms with Gasteiger partial charge in [-0.25, -0.2) is 15.0 Å². The lowest BCUT2D eigenvalue weighted by Crippen LogP contribution is -2.27. The molecule has 4 aromatic rings. The van der Waals surface area contributed by atoms with Crippen molar-refractivity contribution in [3.05, 3.63) is 59.6 Å². The average molecular weight is 504 g/mol. The predicted octanol–water partition coefficient (Wildman–Crippen LogP) is 5.92. The molecule has 3 aromatic heterocycles. The van der Waals surface area contributed by atoms with Crippen LogP contribution in [0.1, 0.15) is 51.1 Å². The molecule has 3 fully saturated rings. The largest absolute Gasteiger partial charge is 0.367 e. The molecule has 1 saturated heterocycles. The van der Waals surface area contributed by atoms with Gasteiger partial charge in [-0.2, -0.15) is 0 Å². The van der Waals surface area contributed by atoms with Crippen molar-refractivity contribution < 1.29 is 9.47 Å². The maximum absolute atomic E-state index is 6.45. The molecule has 0 bridgehead atoms. The van der Waals surface area contributed by atoms with Gasteiger partial charge in [0.15, 0.2) is 5.79 Å². The molecule has 0 spiro atoms. The van der Waals surface area contributed by atoms with E-state index in [4.69, 9.17) is 26.1 Å². The molecule has 8 heteroatoms. The lowest BCUT2D eigenvalue weighted by Gasteiger charge is -2.24. The summed E-state index contributed by atoms with van der Waals surface area (Å²) in [5.74, 6) is 0.757. The molecule has 3 aliphatic rings. The summed E-state index contributed by atoms with van der Waals surface area (Å²) in [5, 5.41) is 6.04. The molecule has 1 N–H and O–H groups in total. The van der Waals surface area contributed by atoms with Crippen molar-refractivity contribution >= 4 is 39.4 Å². The first-order chi connectivity index (χ1) is 17.4. The van der Waals surface area contributed by atoms with Gasteiger partial charge in [0.2, 0.25) is 0 Å². The minimum absolute atomic E-state index is 0.0244. The van der Waals surface area contributed by atoms with Crippen LogP contribution in [0.4, 0.5) is 5.82 Å². The van der Waals surface area contributed by atoms with Gasteiger partial charge in [0.25, 0.3) is 0 Å². The summed E-state index contributed by atoms with van der Waals surface area (Å²) in [5.41, 5.74) is 3.21. The molecular formula is C28H30ClN5O2. The van der Waals surface area contributed by atoms with Gasteiger partial charge in [0, 0.05) is 17.6 Å². The molecule has 0 radical (unpaired) electrons. The van der Waals surface area contributed by atoms with Gasteiger partial charge < -0.3 is 19.4 Å². The molecular weight excluding hydrogens is 474 g/mol. The average Bonchev–Trinajstić information content (AvgIpc) is 3.33. The quantitative estimate of drug-likeness (QED) is 0.329. The zero-order chi connectivity index (χ0) is 24.4. The summed E-state index contributed by atoms with van der Waals surface area (Å²) in [6.45, 7) is 4.02. The van der Waals surface area contributed by atoms with Gasteiger partial charge in [0.1, 0.15) is 29.0 Å². The van der Waals surface area contributed by atoms with E-state index in [2.05, 4.69) is 56.4 Å². The van der Waals surface area contributed by atoms with Crippen LogP contribution in [0.2, 0.25) is 5.15 Å². The van der Waals surface area contributed by atoms with Crippen LogP contribution in [0.5, 0.6) is 0 Å². The number of hydrogen-bond donors (Lipinski definition) is 1. The molecule has 2 aliphatic carbocycles. The minimum Gasteiger partial charge on any atom is -0.367 e. The van der Waals surface area contributed by atoms with Crippen LogP contribution >= 0.6 is 11.6 Å². The van der Waals surface area contributed by atoms with Crippen LogP contribution in [0.25, 0.3) is 21.9 Å². The topological polar surface area (TPSA) is 74.1 Å². The summed E-state index contributed by atoms with van der Waals surface area (Å²) in [6.07, 6.45) is 9.07.